The molecule has 0 radical (unpaired) electrons. The van der Waals surface area contributed by atoms with E-state index in [0.29, 0.717) is 5.02 Å². The molecule has 2 aromatic rings. The number of likely N-dealkylation sites (N-methyl/N-ethyl adjacent to an activating group) is 1. The van der Waals surface area contributed by atoms with Crippen molar-refractivity contribution in [1.82, 2.24) is 15.1 Å². The Morgan fingerprint density at radius 3 is 2.38 bits per heavy atom. The van der Waals surface area contributed by atoms with E-state index in [1.54, 1.807) is 19.3 Å². The highest BCUT2D eigenvalue weighted by Crippen LogP contribution is 2.20. The Balaban J connectivity index is 1.69. The van der Waals surface area contributed by atoms with Gasteiger partial charge in [-0.05, 0) is 48.5 Å². The Hall–Kier alpha value is -2.34. The highest BCUT2D eigenvalue weighted by molar-refractivity contribution is 6.30. The van der Waals surface area contributed by atoms with Gasteiger partial charge in [0.15, 0.2) is 0 Å². The van der Waals surface area contributed by atoms with Crippen molar-refractivity contribution in [3.63, 3.8) is 0 Å². The van der Waals surface area contributed by atoms with Crippen molar-refractivity contribution in [3.8, 4) is 5.75 Å². The lowest BCUT2D eigenvalue weighted by Crippen LogP contribution is -2.47. The van der Waals surface area contributed by atoms with Crippen LogP contribution in [0.5, 0.6) is 5.75 Å². The van der Waals surface area contributed by atoms with Gasteiger partial charge in [0.05, 0.1) is 13.2 Å². The Bertz CT molecular complexity index is 813. The van der Waals surface area contributed by atoms with E-state index in [0.717, 1.165) is 49.6 Å². The van der Waals surface area contributed by atoms with Crippen molar-refractivity contribution in [2.75, 3.05) is 46.9 Å². The van der Waals surface area contributed by atoms with Crippen LogP contribution >= 0.6 is 11.6 Å². The molecule has 5 nitrogen and oxygen atoms in total. The largest absolute Gasteiger partial charge is 0.497 e. The molecule has 0 spiro atoms. The SMILES string of the molecule is COc1ccc([C@@H](CN2CCN(C)CC2)NC(=O)/C=C/c2ccc(Cl)cc2)cc1. The number of nitrogens with zero attached hydrogens (tertiary/aromatic N) is 2. The van der Waals surface area contributed by atoms with Crippen LogP contribution in [0.25, 0.3) is 6.08 Å². The summed E-state index contributed by atoms with van der Waals surface area (Å²) in [5.74, 6) is 0.691. The van der Waals surface area contributed by atoms with Gasteiger partial charge in [0, 0.05) is 43.8 Å². The second kappa shape index (κ2) is 10.4. The van der Waals surface area contributed by atoms with Crippen molar-refractivity contribution < 1.29 is 9.53 Å². The minimum Gasteiger partial charge on any atom is -0.497 e. The maximum absolute atomic E-state index is 12.6. The maximum atomic E-state index is 12.6. The zero-order valence-corrected chi connectivity index (χ0v) is 17.7. The van der Waals surface area contributed by atoms with Crippen molar-refractivity contribution in [3.05, 3.63) is 70.8 Å². The van der Waals surface area contributed by atoms with Crippen molar-refractivity contribution in [2.45, 2.75) is 6.04 Å². The molecule has 0 saturated carbocycles. The fourth-order valence-electron chi connectivity index (χ4n) is 3.32. The van der Waals surface area contributed by atoms with E-state index < -0.39 is 0 Å². The topological polar surface area (TPSA) is 44.8 Å². The zero-order chi connectivity index (χ0) is 20.6. The van der Waals surface area contributed by atoms with Gasteiger partial charge in [-0.15, -0.1) is 0 Å². The Morgan fingerprint density at radius 2 is 1.76 bits per heavy atom. The minimum absolute atomic E-state index is 0.0910. The molecule has 1 amide bonds. The highest BCUT2D eigenvalue weighted by atomic mass is 35.5. The number of piperazine rings is 1. The number of ether oxygens (including phenoxy) is 1. The number of carbonyl (C=O) groups excluding carboxylic acids is 1. The third-order valence-electron chi connectivity index (χ3n) is 5.17. The number of rotatable bonds is 7. The van der Waals surface area contributed by atoms with E-state index in [9.17, 15) is 4.79 Å². The van der Waals surface area contributed by atoms with Gasteiger partial charge in [0.2, 0.25) is 5.91 Å². The molecule has 1 heterocycles. The quantitative estimate of drug-likeness (QED) is 0.706. The first-order valence-electron chi connectivity index (χ1n) is 9.82. The first kappa shape index (κ1) is 21.4. The predicted octanol–water partition coefficient (Wildman–Crippen LogP) is 3.47. The van der Waals surface area contributed by atoms with Crippen LogP contribution < -0.4 is 10.1 Å². The first-order valence-corrected chi connectivity index (χ1v) is 10.2. The molecule has 0 aromatic heterocycles. The number of amides is 1. The molecule has 1 saturated heterocycles. The molecule has 0 aliphatic carbocycles. The Kier molecular flexibility index (Phi) is 7.69. The first-order chi connectivity index (χ1) is 14.0. The van der Waals surface area contributed by atoms with Gasteiger partial charge in [-0.25, -0.2) is 0 Å². The van der Waals surface area contributed by atoms with Crippen molar-refractivity contribution >= 4 is 23.6 Å². The van der Waals surface area contributed by atoms with E-state index in [2.05, 4.69) is 22.2 Å². The lowest BCUT2D eigenvalue weighted by atomic mass is 10.1. The molecule has 1 aliphatic rings. The summed E-state index contributed by atoms with van der Waals surface area (Å²) in [5, 5.41) is 3.84. The molecule has 1 aliphatic heterocycles. The third-order valence-corrected chi connectivity index (χ3v) is 5.42. The monoisotopic (exact) mass is 413 g/mol. The summed E-state index contributed by atoms with van der Waals surface area (Å²) in [6.45, 7) is 4.86. The minimum atomic E-state index is -0.116. The molecule has 1 atom stereocenters. The summed E-state index contributed by atoms with van der Waals surface area (Å²) in [6, 6.07) is 15.2. The fraction of sp³-hybridized carbons (Fsp3) is 0.348. The molecular formula is C23H28ClN3O2. The highest BCUT2D eigenvalue weighted by Gasteiger charge is 2.20. The Morgan fingerprint density at radius 1 is 1.10 bits per heavy atom. The van der Waals surface area contributed by atoms with Crippen LogP contribution in [0.4, 0.5) is 0 Å². The molecule has 6 heteroatoms. The summed E-state index contributed by atoms with van der Waals surface area (Å²) in [4.78, 5) is 17.3. The molecule has 29 heavy (non-hydrogen) atoms. The van der Waals surface area contributed by atoms with E-state index in [1.807, 2.05) is 48.5 Å². The number of halogens is 1. The van der Waals surface area contributed by atoms with Gasteiger partial charge < -0.3 is 15.0 Å². The zero-order valence-electron chi connectivity index (χ0n) is 17.0. The van der Waals surface area contributed by atoms with Crippen LogP contribution in [0, 0.1) is 0 Å². The normalized spacial score (nSPS) is 16.7. The molecular weight excluding hydrogens is 386 g/mol. The van der Waals surface area contributed by atoms with E-state index >= 15 is 0 Å². The average molecular weight is 414 g/mol. The van der Waals surface area contributed by atoms with Gasteiger partial charge >= 0.3 is 0 Å². The molecule has 2 aromatic carbocycles. The number of hydrogen-bond donors (Lipinski definition) is 1. The molecule has 154 valence electrons. The van der Waals surface area contributed by atoms with Gasteiger partial charge in [-0.2, -0.15) is 0 Å². The average Bonchev–Trinajstić information content (AvgIpc) is 2.74. The number of hydrogen-bond acceptors (Lipinski definition) is 4. The summed E-state index contributed by atoms with van der Waals surface area (Å²) < 4.78 is 5.26. The summed E-state index contributed by atoms with van der Waals surface area (Å²) >= 11 is 5.91. The lowest BCUT2D eigenvalue weighted by Gasteiger charge is -2.35. The molecule has 3 rings (SSSR count). The van der Waals surface area contributed by atoms with E-state index in [-0.39, 0.29) is 11.9 Å². The smallest absolute Gasteiger partial charge is 0.244 e. The lowest BCUT2D eigenvalue weighted by molar-refractivity contribution is -0.117. The number of benzene rings is 2. The van der Waals surface area contributed by atoms with Gasteiger partial charge in [-0.1, -0.05) is 35.9 Å². The summed E-state index contributed by atoms with van der Waals surface area (Å²) in [7, 11) is 3.79. The summed E-state index contributed by atoms with van der Waals surface area (Å²) in [6.07, 6.45) is 3.37. The maximum Gasteiger partial charge on any atom is 0.244 e. The van der Waals surface area contributed by atoms with Crippen LogP contribution in [0.15, 0.2) is 54.6 Å². The number of nitrogens with one attached hydrogen (secondary N) is 1. The van der Waals surface area contributed by atoms with Crippen LogP contribution in [-0.4, -0.2) is 62.6 Å². The Labute approximate surface area is 177 Å². The third kappa shape index (κ3) is 6.60. The van der Waals surface area contributed by atoms with E-state index in [1.165, 1.54) is 0 Å². The standard InChI is InChI=1S/C23H28ClN3O2/c1-26-13-15-27(16-14-26)17-22(19-6-10-21(29-2)11-7-19)25-23(28)12-5-18-3-8-20(24)9-4-18/h3-12,22H,13-17H2,1-2H3,(H,25,28)/b12-5+/t22-/m1/s1. The second-order valence-electron chi connectivity index (χ2n) is 7.32. The van der Waals surface area contributed by atoms with E-state index in [4.69, 9.17) is 16.3 Å². The van der Waals surface area contributed by atoms with Crippen molar-refractivity contribution in [1.29, 1.82) is 0 Å². The number of carbonyl (C=O) groups is 1. The predicted molar refractivity (Wildman–Crippen MR) is 118 cm³/mol. The number of methoxy groups -OCH3 is 1. The van der Waals surface area contributed by atoms with Crippen LogP contribution in [0.2, 0.25) is 5.02 Å². The molecule has 1 fully saturated rings. The van der Waals surface area contributed by atoms with Crippen molar-refractivity contribution in [2.24, 2.45) is 0 Å². The molecule has 0 bridgehead atoms. The molecule has 1 N–H and O–H groups in total. The van der Waals surface area contributed by atoms with Gasteiger partial charge in [0.25, 0.3) is 0 Å². The van der Waals surface area contributed by atoms with Crippen LogP contribution in [-0.2, 0) is 4.79 Å². The van der Waals surface area contributed by atoms with Gasteiger partial charge in [-0.3, -0.25) is 9.69 Å². The summed E-state index contributed by atoms with van der Waals surface area (Å²) in [5.41, 5.74) is 2.00. The second-order valence-corrected chi connectivity index (χ2v) is 7.76. The van der Waals surface area contributed by atoms with Crippen LogP contribution in [0.3, 0.4) is 0 Å². The molecule has 0 unspecified atom stereocenters. The van der Waals surface area contributed by atoms with Gasteiger partial charge in [0.1, 0.15) is 5.75 Å². The fourth-order valence-corrected chi connectivity index (χ4v) is 3.45. The van der Waals surface area contributed by atoms with Crippen LogP contribution in [0.1, 0.15) is 17.2 Å².